The number of hydrogen-bond acceptors (Lipinski definition) is 3. The molecule has 0 aliphatic heterocycles. The van der Waals surface area contributed by atoms with Gasteiger partial charge in [0.25, 0.3) is 0 Å². The molecule has 4 aliphatic rings. The summed E-state index contributed by atoms with van der Waals surface area (Å²) in [4.78, 5) is 25.6. The van der Waals surface area contributed by atoms with Crippen LogP contribution in [-0.2, 0) is 9.59 Å². The fraction of sp³-hybridized carbons (Fsp3) is 0.810. The van der Waals surface area contributed by atoms with Gasteiger partial charge in [-0.1, -0.05) is 26.0 Å². The lowest BCUT2D eigenvalue weighted by molar-refractivity contribution is -0.156. The van der Waals surface area contributed by atoms with Crippen LogP contribution in [0.25, 0.3) is 0 Å². The van der Waals surface area contributed by atoms with Crippen LogP contribution in [0.15, 0.2) is 12.2 Å². The van der Waals surface area contributed by atoms with Gasteiger partial charge in [-0.25, -0.2) is 0 Å². The van der Waals surface area contributed by atoms with Crippen LogP contribution in [0.3, 0.4) is 0 Å². The quantitative estimate of drug-likeness (QED) is 0.788. The third-order valence-corrected chi connectivity index (χ3v) is 8.44. The summed E-state index contributed by atoms with van der Waals surface area (Å²) >= 11 is 0. The van der Waals surface area contributed by atoms with Crippen molar-refractivity contribution in [3.05, 3.63) is 12.2 Å². The van der Waals surface area contributed by atoms with Gasteiger partial charge in [-0.2, -0.15) is 0 Å². The molecule has 0 amide bonds. The predicted octanol–water partition coefficient (Wildman–Crippen LogP) is 3.55. The molecule has 3 saturated carbocycles. The zero-order valence-corrected chi connectivity index (χ0v) is 15.0. The van der Waals surface area contributed by atoms with Gasteiger partial charge in [-0.3, -0.25) is 9.59 Å². The highest BCUT2D eigenvalue weighted by atomic mass is 16.3. The molecular weight excluding hydrogens is 300 g/mol. The molecule has 0 aromatic rings. The third kappa shape index (κ3) is 2.06. The molecule has 132 valence electrons. The van der Waals surface area contributed by atoms with Crippen molar-refractivity contribution in [1.82, 2.24) is 0 Å². The van der Waals surface area contributed by atoms with E-state index in [1.54, 1.807) is 0 Å². The average molecular weight is 330 g/mol. The van der Waals surface area contributed by atoms with E-state index in [4.69, 9.17) is 0 Å². The zero-order valence-electron chi connectivity index (χ0n) is 15.0. The van der Waals surface area contributed by atoms with E-state index < -0.39 is 0 Å². The Morgan fingerprint density at radius 1 is 1.17 bits per heavy atom. The van der Waals surface area contributed by atoms with Gasteiger partial charge in [0.05, 0.1) is 0 Å². The van der Waals surface area contributed by atoms with Crippen LogP contribution in [0.4, 0.5) is 0 Å². The van der Waals surface area contributed by atoms with Crippen molar-refractivity contribution in [3.8, 4) is 0 Å². The highest BCUT2D eigenvalue weighted by Gasteiger charge is 2.63. The first-order chi connectivity index (χ1) is 11.4. The lowest BCUT2D eigenvalue weighted by atomic mass is 9.45. The second kappa shape index (κ2) is 5.52. The number of carbonyl (C=O) groups is 2. The fourth-order valence-corrected chi connectivity index (χ4v) is 7.30. The van der Waals surface area contributed by atoms with E-state index in [1.165, 1.54) is 6.42 Å². The summed E-state index contributed by atoms with van der Waals surface area (Å²) in [6.45, 7) is 4.13. The van der Waals surface area contributed by atoms with Crippen LogP contribution < -0.4 is 0 Å². The maximum Gasteiger partial charge on any atom is 0.161 e. The average Bonchev–Trinajstić information content (AvgIpc) is 2.89. The first-order valence-corrected chi connectivity index (χ1v) is 9.73. The highest BCUT2D eigenvalue weighted by molar-refractivity contribution is 5.88. The molecule has 1 N–H and O–H groups in total. The molecule has 3 nitrogen and oxygen atoms in total. The van der Waals surface area contributed by atoms with Crippen molar-refractivity contribution < 1.29 is 14.7 Å². The van der Waals surface area contributed by atoms with Crippen molar-refractivity contribution in [3.63, 3.8) is 0 Å². The molecule has 4 rings (SSSR count). The molecule has 0 radical (unpaired) electrons. The SMILES string of the molecule is C[C@]12CC(=O)[C@H]3[C@@H](CCC4CC=CC[C@@]43C)[C@@H]1CC[C@@H]2C(=O)CO. The van der Waals surface area contributed by atoms with Gasteiger partial charge in [0.2, 0.25) is 0 Å². The van der Waals surface area contributed by atoms with Gasteiger partial charge in [0.1, 0.15) is 12.4 Å². The lowest BCUT2D eigenvalue weighted by Gasteiger charge is -2.58. The van der Waals surface area contributed by atoms with E-state index in [2.05, 4.69) is 26.0 Å². The minimum absolute atomic E-state index is 0.0493. The summed E-state index contributed by atoms with van der Waals surface area (Å²) < 4.78 is 0. The second-order valence-electron chi connectivity index (χ2n) is 9.34. The van der Waals surface area contributed by atoms with Crippen LogP contribution in [0, 0.1) is 40.4 Å². The van der Waals surface area contributed by atoms with Crippen molar-refractivity contribution in [2.75, 3.05) is 6.61 Å². The predicted molar refractivity (Wildman–Crippen MR) is 92.2 cm³/mol. The van der Waals surface area contributed by atoms with Gasteiger partial charge in [0.15, 0.2) is 5.78 Å². The maximum atomic E-state index is 13.3. The fourth-order valence-electron chi connectivity index (χ4n) is 7.30. The van der Waals surface area contributed by atoms with E-state index in [0.29, 0.717) is 30.0 Å². The zero-order chi connectivity index (χ0) is 17.1. The number of carbonyl (C=O) groups excluding carboxylic acids is 2. The molecular formula is C21H30O3. The van der Waals surface area contributed by atoms with E-state index >= 15 is 0 Å². The Labute approximate surface area is 144 Å². The van der Waals surface area contributed by atoms with Crippen molar-refractivity contribution in [2.24, 2.45) is 40.4 Å². The van der Waals surface area contributed by atoms with E-state index in [9.17, 15) is 14.7 Å². The van der Waals surface area contributed by atoms with Crippen molar-refractivity contribution in [1.29, 1.82) is 0 Å². The number of ketones is 2. The van der Waals surface area contributed by atoms with Crippen LogP contribution in [0.1, 0.15) is 58.8 Å². The Morgan fingerprint density at radius 3 is 2.71 bits per heavy atom. The highest BCUT2D eigenvalue weighted by Crippen LogP contribution is 2.65. The molecule has 0 aromatic carbocycles. The third-order valence-electron chi connectivity index (χ3n) is 8.44. The number of fused-ring (bicyclic) bond motifs is 5. The van der Waals surface area contributed by atoms with E-state index in [1.807, 2.05) is 0 Å². The van der Waals surface area contributed by atoms with Crippen LogP contribution >= 0.6 is 0 Å². The maximum absolute atomic E-state index is 13.3. The minimum atomic E-state index is -0.375. The van der Waals surface area contributed by atoms with Gasteiger partial charge < -0.3 is 5.11 Å². The van der Waals surface area contributed by atoms with E-state index in [0.717, 1.165) is 32.1 Å². The summed E-state index contributed by atoms with van der Waals surface area (Å²) in [5.41, 5.74) is -0.0963. The lowest BCUT2D eigenvalue weighted by Crippen LogP contribution is -2.56. The van der Waals surface area contributed by atoms with Gasteiger partial charge in [0, 0.05) is 18.3 Å². The van der Waals surface area contributed by atoms with E-state index in [-0.39, 0.29) is 35.1 Å². The van der Waals surface area contributed by atoms with Gasteiger partial charge in [-0.05, 0) is 67.1 Å². The molecule has 0 spiro atoms. The van der Waals surface area contributed by atoms with Crippen LogP contribution in [0.5, 0.6) is 0 Å². The molecule has 0 aromatic heterocycles. The normalized spacial score (nSPS) is 50.1. The number of hydrogen-bond donors (Lipinski definition) is 1. The van der Waals surface area contributed by atoms with Crippen LogP contribution in [0.2, 0.25) is 0 Å². The summed E-state index contributed by atoms with van der Waals surface area (Å²) in [6, 6.07) is 0. The Hall–Kier alpha value is -0.960. The Morgan fingerprint density at radius 2 is 1.96 bits per heavy atom. The first-order valence-electron chi connectivity index (χ1n) is 9.73. The molecule has 7 atom stereocenters. The Balaban J connectivity index is 1.69. The molecule has 0 heterocycles. The molecule has 24 heavy (non-hydrogen) atoms. The second-order valence-corrected chi connectivity index (χ2v) is 9.34. The largest absolute Gasteiger partial charge is 0.389 e. The number of aliphatic hydroxyl groups excluding tert-OH is 1. The Bertz CT molecular complexity index is 594. The number of Topliss-reactive ketones (excluding diaryl/α,β-unsaturated/α-hetero) is 2. The molecule has 3 heteroatoms. The van der Waals surface area contributed by atoms with Gasteiger partial charge >= 0.3 is 0 Å². The number of rotatable bonds is 2. The number of aliphatic hydroxyl groups is 1. The van der Waals surface area contributed by atoms with Gasteiger partial charge in [-0.15, -0.1) is 0 Å². The molecule has 3 fully saturated rings. The Kier molecular flexibility index (Phi) is 3.80. The summed E-state index contributed by atoms with van der Waals surface area (Å²) in [5, 5.41) is 9.35. The first kappa shape index (κ1) is 16.5. The molecule has 1 unspecified atom stereocenters. The summed E-state index contributed by atoms with van der Waals surface area (Å²) in [6.07, 6.45) is 11.6. The summed E-state index contributed by atoms with van der Waals surface area (Å²) in [5.74, 6) is 1.99. The minimum Gasteiger partial charge on any atom is -0.389 e. The number of allylic oxidation sites excluding steroid dienone is 2. The monoisotopic (exact) mass is 330 g/mol. The van der Waals surface area contributed by atoms with Crippen molar-refractivity contribution >= 4 is 11.6 Å². The van der Waals surface area contributed by atoms with Crippen molar-refractivity contribution in [2.45, 2.75) is 58.8 Å². The smallest absolute Gasteiger partial charge is 0.161 e. The summed E-state index contributed by atoms with van der Waals surface area (Å²) in [7, 11) is 0. The molecule has 4 aliphatic carbocycles. The molecule has 0 saturated heterocycles. The standard InChI is InChI=1S/C21H30O3/c1-20-10-4-3-5-13(20)6-7-14-15-8-9-16(18(24)12-22)21(15,2)11-17(23)19(14)20/h3-4,13-16,19,22H,5-12H2,1-2H3/t13?,14-,15-,16+,19+,20-,21-/m0/s1. The van der Waals surface area contributed by atoms with Crippen LogP contribution in [-0.4, -0.2) is 23.3 Å². The molecule has 0 bridgehead atoms. The topological polar surface area (TPSA) is 54.4 Å².